The van der Waals surface area contributed by atoms with E-state index >= 15 is 0 Å². The van der Waals surface area contributed by atoms with Gasteiger partial charge in [0.15, 0.2) is 0 Å². The molecule has 21 heavy (non-hydrogen) atoms. The van der Waals surface area contributed by atoms with Crippen molar-refractivity contribution in [3.05, 3.63) is 23.9 Å². The van der Waals surface area contributed by atoms with E-state index in [2.05, 4.69) is 9.88 Å². The highest BCUT2D eigenvalue weighted by Crippen LogP contribution is 2.23. The van der Waals surface area contributed by atoms with Gasteiger partial charge in [-0.15, -0.1) is 0 Å². The molecule has 2 atom stereocenters. The Kier molecular flexibility index (Phi) is 4.05. The third kappa shape index (κ3) is 3.15. The summed E-state index contributed by atoms with van der Waals surface area (Å²) in [5, 5.41) is 0. The number of nitrogens with zero attached hydrogens (tertiary/aromatic N) is 3. The third-order valence-electron chi connectivity index (χ3n) is 4.31. The number of carbonyl (C=O) groups excluding carboxylic acids is 1. The van der Waals surface area contributed by atoms with Crippen LogP contribution in [0.5, 0.6) is 0 Å². The summed E-state index contributed by atoms with van der Waals surface area (Å²) in [7, 11) is 0. The third-order valence-corrected chi connectivity index (χ3v) is 4.31. The lowest BCUT2D eigenvalue weighted by molar-refractivity contribution is -0.122. The Balaban J connectivity index is 1.65. The van der Waals surface area contributed by atoms with E-state index in [1.54, 1.807) is 4.90 Å². The molecule has 6 heteroatoms. The molecule has 3 rings (SSSR count). The van der Waals surface area contributed by atoms with Crippen LogP contribution in [0.3, 0.4) is 0 Å². The van der Waals surface area contributed by atoms with Gasteiger partial charge in [-0.25, -0.2) is 9.37 Å². The van der Waals surface area contributed by atoms with Gasteiger partial charge in [0.25, 0.3) is 0 Å². The lowest BCUT2D eigenvalue weighted by Gasteiger charge is -2.22. The molecule has 1 aromatic rings. The molecule has 2 saturated heterocycles. The molecule has 2 fully saturated rings. The summed E-state index contributed by atoms with van der Waals surface area (Å²) in [4.78, 5) is 19.9. The smallest absolute Gasteiger partial charge is 0.234 e. The van der Waals surface area contributed by atoms with Crippen molar-refractivity contribution in [1.82, 2.24) is 9.88 Å². The first-order valence-corrected chi connectivity index (χ1v) is 7.51. The Morgan fingerprint density at radius 1 is 1.38 bits per heavy atom. The highest BCUT2D eigenvalue weighted by molar-refractivity contribution is 5.80. The maximum atomic E-state index is 13.5. The fourth-order valence-corrected chi connectivity index (χ4v) is 3.20. The van der Waals surface area contributed by atoms with E-state index in [0.717, 1.165) is 24.5 Å². The molecule has 1 aromatic heterocycles. The van der Waals surface area contributed by atoms with Crippen LogP contribution in [0.15, 0.2) is 18.3 Å². The van der Waals surface area contributed by atoms with Crippen LogP contribution in [0.1, 0.15) is 24.8 Å². The number of likely N-dealkylation sites (tertiary alicyclic amines) is 1. The second-order valence-corrected chi connectivity index (χ2v) is 5.90. The molecule has 0 radical (unpaired) electrons. The van der Waals surface area contributed by atoms with Crippen molar-refractivity contribution in [2.75, 3.05) is 24.5 Å². The number of rotatable bonds is 4. The average molecular weight is 292 g/mol. The van der Waals surface area contributed by atoms with Crippen LogP contribution in [0, 0.1) is 0 Å². The molecule has 2 N–H and O–H groups in total. The van der Waals surface area contributed by atoms with E-state index in [4.69, 9.17) is 5.73 Å². The van der Waals surface area contributed by atoms with Crippen LogP contribution in [0.25, 0.3) is 0 Å². The summed E-state index contributed by atoms with van der Waals surface area (Å²) < 4.78 is 13.5. The molecular formula is C15H21FN4O. The number of aromatic nitrogens is 1. The molecule has 0 aromatic carbocycles. The average Bonchev–Trinajstić information content (AvgIpc) is 3.09. The van der Waals surface area contributed by atoms with Crippen LogP contribution in [-0.4, -0.2) is 47.6 Å². The predicted octanol–water partition coefficient (Wildman–Crippen LogP) is 1.08. The Morgan fingerprint density at radius 3 is 2.76 bits per heavy atom. The Morgan fingerprint density at radius 2 is 2.14 bits per heavy atom. The van der Waals surface area contributed by atoms with Gasteiger partial charge in [0.2, 0.25) is 5.91 Å². The van der Waals surface area contributed by atoms with E-state index in [1.165, 1.54) is 12.8 Å². The highest BCUT2D eigenvalue weighted by atomic mass is 19.1. The van der Waals surface area contributed by atoms with Crippen molar-refractivity contribution in [1.29, 1.82) is 0 Å². The molecule has 2 aliphatic rings. The lowest BCUT2D eigenvalue weighted by Crippen LogP contribution is -2.39. The molecule has 2 aliphatic heterocycles. The molecule has 3 heterocycles. The number of alkyl halides is 1. The standard InChI is InChI=1S/C15H21FN4O/c16-12-7-13(15(17)21)20(10-12)9-11-3-4-14(18-8-11)19-5-1-2-6-19/h3-4,8,12-13H,1-2,5-7,9-10H2,(H2,17,21)/t12-,13+/m1/s1. The Hall–Kier alpha value is -1.69. The molecule has 0 spiro atoms. The number of amides is 1. The summed E-state index contributed by atoms with van der Waals surface area (Å²) in [6.45, 7) is 2.90. The SMILES string of the molecule is NC(=O)[C@@H]1C[C@@H](F)CN1Cc1ccc(N2CCCC2)nc1. The number of pyridine rings is 1. The zero-order valence-electron chi connectivity index (χ0n) is 12.0. The molecule has 5 nitrogen and oxygen atoms in total. The van der Waals surface area contributed by atoms with Crippen molar-refractivity contribution in [3.8, 4) is 0 Å². The fraction of sp³-hybridized carbons (Fsp3) is 0.600. The number of hydrogen-bond donors (Lipinski definition) is 1. The van der Waals surface area contributed by atoms with Crippen molar-refractivity contribution in [2.45, 2.75) is 38.0 Å². The van der Waals surface area contributed by atoms with Gasteiger partial charge < -0.3 is 10.6 Å². The van der Waals surface area contributed by atoms with E-state index in [1.807, 2.05) is 18.3 Å². The topological polar surface area (TPSA) is 62.5 Å². The number of carbonyl (C=O) groups is 1. The highest BCUT2D eigenvalue weighted by Gasteiger charge is 2.35. The van der Waals surface area contributed by atoms with Crippen LogP contribution in [-0.2, 0) is 11.3 Å². The summed E-state index contributed by atoms with van der Waals surface area (Å²) >= 11 is 0. The number of primary amides is 1. The van der Waals surface area contributed by atoms with Crippen LogP contribution < -0.4 is 10.6 Å². The largest absolute Gasteiger partial charge is 0.368 e. The minimum Gasteiger partial charge on any atom is -0.368 e. The van der Waals surface area contributed by atoms with Gasteiger partial charge in [-0.2, -0.15) is 0 Å². The Labute approximate surface area is 123 Å². The summed E-state index contributed by atoms with van der Waals surface area (Å²) in [6, 6.07) is 3.51. The van der Waals surface area contributed by atoms with Gasteiger partial charge in [-0.1, -0.05) is 6.07 Å². The van der Waals surface area contributed by atoms with E-state index < -0.39 is 18.1 Å². The first-order valence-electron chi connectivity index (χ1n) is 7.51. The zero-order valence-corrected chi connectivity index (χ0v) is 12.0. The number of halogens is 1. The first kappa shape index (κ1) is 14.3. The normalized spacial score (nSPS) is 26.4. The number of anilines is 1. The molecule has 0 saturated carbocycles. The molecule has 0 unspecified atom stereocenters. The van der Waals surface area contributed by atoms with Gasteiger partial charge >= 0.3 is 0 Å². The van der Waals surface area contributed by atoms with Gasteiger partial charge in [0, 0.05) is 38.8 Å². The van der Waals surface area contributed by atoms with Crippen LogP contribution in [0.4, 0.5) is 10.2 Å². The fourth-order valence-electron chi connectivity index (χ4n) is 3.20. The monoisotopic (exact) mass is 292 g/mol. The minimum absolute atomic E-state index is 0.203. The zero-order chi connectivity index (χ0) is 14.8. The summed E-state index contributed by atoms with van der Waals surface area (Å²) in [5.74, 6) is 0.546. The van der Waals surface area contributed by atoms with Crippen molar-refractivity contribution in [3.63, 3.8) is 0 Å². The number of nitrogens with two attached hydrogens (primary N) is 1. The van der Waals surface area contributed by atoms with Gasteiger partial charge in [-0.05, 0) is 24.5 Å². The molecule has 0 aliphatic carbocycles. The first-order chi connectivity index (χ1) is 10.1. The van der Waals surface area contributed by atoms with Crippen molar-refractivity contribution >= 4 is 11.7 Å². The lowest BCUT2D eigenvalue weighted by atomic mass is 10.2. The van der Waals surface area contributed by atoms with Gasteiger partial charge in [0.1, 0.15) is 12.0 Å². The van der Waals surface area contributed by atoms with Crippen molar-refractivity contribution < 1.29 is 9.18 Å². The van der Waals surface area contributed by atoms with Crippen LogP contribution in [0.2, 0.25) is 0 Å². The van der Waals surface area contributed by atoms with E-state index in [-0.39, 0.29) is 13.0 Å². The van der Waals surface area contributed by atoms with Crippen molar-refractivity contribution in [2.24, 2.45) is 5.73 Å². The Bertz CT molecular complexity index is 501. The second-order valence-electron chi connectivity index (χ2n) is 5.90. The molecular weight excluding hydrogens is 271 g/mol. The molecule has 1 amide bonds. The van der Waals surface area contributed by atoms with E-state index in [9.17, 15) is 9.18 Å². The quantitative estimate of drug-likeness (QED) is 0.902. The maximum absolute atomic E-state index is 13.5. The van der Waals surface area contributed by atoms with E-state index in [0.29, 0.717) is 6.54 Å². The predicted molar refractivity (Wildman–Crippen MR) is 78.6 cm³/mol. The summed E-state index contributed by atoms with van der Waals surface area (Å²) in [6.07, 6.45) is 3.48. The molecule has 0 bridgehead atoms. The molecule has 114 valence electrons. The van der Waals surface area contributed by atoms with Crippen LogP contribution >= 0.6 is 0 Å². The maximum Gasteiger partial charge on any atom is 0.234 e. The summed E-state index contributed by atoms with van der Waals surface area (Å²) in [5.41, 5.74) is 6.33. The van der Waals surface area contributed by atoms with Gasteiger partial charge in [-0.3, -0.25) is 9.69 Å². The second kappa shape index (κ2) is 5.97. The van der Waals surface area contributed by atoms with Gasteiger partial charge in [0.05, 0.1) is 6.04 Å². The number of hydrogen-bond acceptors (Lipinski definition) is 4. The minimum atomic E-state index is -0.973.